The van der Waals surface area contributed by atoms with Crippen LogP contribution in [-0.4, -0.2) is 44.0 Å². The molecule has 6 nitrogen and oxygen atoms in total. The van der Waals surface area contributed by atoms with E-state index in [1.54, 1.807) is 6.07 Å². The molecular formula is C19H16ClFN2O4S2. The molecule has 2 atom stereocenters. The summed E-state index contributed by atoms with van der Waals surface area (Å²) < 4.78 is 48.5. The quantitative estimate of drug-likeness (QED) is 0.707. The van der Waals surface area contributed by atoms with Gasteiger partial charge in [-0.05, 0) is 29.8 Å². The Morgan fingerprint density at radius 2 is 2.00 bits per heavy atom. The fourth-order valence-corrected chi connectivity index (χ4v) is 7.04. The first kappa shape index (κ1) is 19.0. The van der Waals surface area contributed by atoms with Crippen LogP contribution >= 0.6 is 23.4 Å². The molecule has 152 valence electrons. The summed E-state index contributed by atoms with van der Waals surface area (Å²) >= 11 is 7.60. The normalized spacial score (nSPS) is 23.9. The van der Waals surface area contributed by atoms with Crippen molar-refractivity contribution in [2.45, 2.75) is 17.8 Å². The Labute approximate surface area is 176 Å². The van der Waals surface area contributed by atoms with Crippen molar-refractivity contribution in [3.63, 3.8) is 0 Å². The van der Waals surface area contributed by atoms with Crippen LogP contribution in [0.3, 0.4) is 0 Å². The Balaban J connectivity index is 1.45. The maximum atomic E-state index is 13.3. The molecule has 10 heteroatoms. The topological polar surface area (TPSA) is 68.2 Å². The third-order valence-corrected chi connectivity index (χ3v) is 8.18. The van der Waals surface area contributed by atoms with E-state index in [9.17, 15) is 12.8 Å². The van der Waals surface area contributed by atoms with E-state index >= 15 is 0 Å². The lowest BCUT2D eigenvalue weighted by molar-refractivity contribution is 0.174. The molecule has 1 fully saturated rings. The zero-order valence-corrected chi connectivity index (χ0v) is 17.4. The summed E-state index contributed by atoms with van der Waals surface area (Å²) in [5.74, 6) is 1.48. The molecular weight excluding hydrogens is 439 g/mol. The highest BCUT2D eigenvalue weighted by Crippen LogP contribution is 2.41. The molecule has 0 spiro atoms. The average Bonchev–Trinajstić information content (AvgIpc) is 3.32. The highest BCUT2D eigenvalue weighted by Gasteiger charge is 2.47. The predicted octanol–water partition coefficient (Wildman–Crippen LogP) is 3.48. The van der Waals surface area contributed by atoms with Gasteiger partial charge in [0.15, 0.2) is 26.5 Å². The standard InChI is InChI=1S/C19H16ClFN2O4S2/c20-14-5-12(21)2-1-11(14)7-28-19-22-15-8-29(24,25)9-16(15)23(19)13-3-4-17-18(6-13)27-10-26-17/h1-6,15-16H,7-10H2/t15-,16+/m1/s1. The van der Waals surface area contributed by atoms with Gasteiger partial charge in [0.25, 0.3) is 0 Å². The second-order valence-electron chi connectivity index (χ2n) is 7.06. The second kappa shape index (κ2) is 7.07. The van der Waals surface area contributed by atoms with Crippen LogP contribution in [0.15, 0.2) is 41.4 Å². The van der Waals surface area contributed by atoms with Gasteiger partial charge in [-0.1, -0.05) is 29.4 Å². The third kappa shape index (κ3) is 3.55. The number of benzene rings is 2. The minimum Gasteiger partial charge on any atom is -0.454 e. The monoisotopic (exact) mass is 454 g/mol. The van der Waals surface area contributed by atoms with E-state index in [-0.39, 0.29) is 36.2 Å². The first-order chi connectivity index (χ1) is 13.9. The minimum atomic E-state index is -3.14. The summed E-state index contributed by atoms with van der Waals surface area (Å²) in [6, 6.07) is 9.27. The van der Waals surface area contributed by atoms with E-state index < -0.39 is 9.84 Å². The first-order valence-corrected chi connectivity index (χ1v) is 12.1. The first-order valence-electron chi connectivity index (χ1n) is 8.93. The van der Waals surface area contributed by atoms with Gasteiger partial charge in [0.05, 0.1) is 23.6 Å². The largest absolute Gasteiger partial charge is 0.454 e. The summed E-state index contributed by atoms with van der Waals surface area (Å²) in [5.41, 5.74) is 1.59. The van der Waals surface area contributed by atoms with Crippen molar-refractivity contribution in [3.05, 3.63) is 52.8 Å². The molecule has 3 aliphatic rings. The highest BCUT2D eigenvalue weighted by atomic mass is 35.5. The SMILES string of the molecule is O=S1(=O)C[C@H]2N=C(SCc3ccc(F)cc3Cl)N(c3ccc4c(c3)OCO4)[C@H]2C1. The van der Waals surface area contributed by atoms with Gasteiger partial charge in [0.1, 0.15) is 5.82 Å². The number of thioether (sulfide) groups is 1. The molecule has 1 saturated heterocycles. The Morgan fingerprint density at radius 3 is 2.83 bits per heavy atom. The highest BCUT2D eigenvalue weighted by molar-refractivity contribution is 8.13. The van der Waals surface area contributed by atoms with E-state index in [1.165, 1.54) is 23.9 Å². The number of fused-ring (bicyclic) bond motifs is 2. The Kier molecular flexibility index (Phi) is 4.64. The Morgan fingerprint density at radius 1 is 1.17 bits per heavy atom. The summed E-state index contributed by atoms with van der Waals surface area (Å²) in [5, 5.41) is 1.07. The number of aliphatic imine (C=N–C) groups is 1. The van der Waals surface area contributed by atoms with Crippen LogP contribution < -0.4 is 14.4 Å². The van der Waals surface area contributed by atoms with Crippen molar-refractivity contribution >= 4 is 44.1 Å². The van der Waals surface area contributed by atoms with Crippen LogP contribution in [0, 0.1) is 5.82 Å². The number of nitrogens with zero attached hydrogens (tertiary/aromatic N) is 2. The van der Waals surface area contributed by atoms with Crippen molar-refractivity contribution in [2.75, 3.05) is 23.2 Å². The summed E-state index contributed by atoms with van der Waals surface area (Å²) in [6.45, 7) is 0.165. The maximum Gasteiger partial charge on any atom is 0.231 e. The van der Waals surface area contributed by atoms with Crippen LogP contribution in [-0.2, 0) is 15.6 Å². The fraction of sp³-hybridized carbons (Fsp3) is 0.316. The van der Waals surface area contributed by atoms with Crippen molar-refractivity contribution in [1.82, 2.24) is 0 Å². The van der Waals surface area contributed by atoms with Crippen LogP contribution in [0.4, 0.5) is 10.1 Å². The molecule has 0 radical (unpaired) electrons. The number of halogens is 2. The molecule has 0 amide bonds. The number of ether oxygens (including phenoxy) is 2. The number of rotatable bonds is 3. The molecule has 0 aliphatic carbocycles. The lowest BCUT2D eigenvalue weighted by atomic mass is 10.1. The van der Waals surface area contributed by atoms with E-state index in [0.717, 1.165) is 11.3 Å². The number of anilines is 1. The van der Waals surface area contributed by atoms with Crippen LogP contribution in [0.2, 0.25) is 5.02 Å². The van der Waals surface area contributed by atoms with E-state index in [0.29, 0.717) is 27.4 Å². The molecule has 0 bridgehead atoms. The van der Waals surface area contributed by atoms with Crippen molar-refractivity contribution < 1.29 is 22.3 Å². The van der Waals surface area contributed by atoms with E-state index in [2.05, 4.69) is 0 Å². The maximum absolute atomic E-state index is 13.3. The van der Waals surface area contributed by atoms with Crippen LogP contribution in [0.25, 0.3) is 0 Å². The second-order valence-corrected chi connectivity index (χ2v) is 10.6. The Bertz CT molecular complexity index is 1130. The minimum absolute atomic E-state index is 0.0417. The lowest BCUT2D eigenvalue weighted by Crippen LogP contribution is -2.39. The Hall–Kier alpha value is -1.97. The van der Waals surface area contributed by atoms with Crippen LogP contribution in [0.1, 0.15) is 5.56 Å². The van der Waals surface area contributed by atoms with Gasteiger partial charge < -0.3 is 14.4 Å². The van der Waals surface area contributed by atoms with E-state index in [1.807, 2.05) is 23.1 Å². The molecule has 0 aromatic heterocycles. The molecule has 0 unspecified atom stereocenters. The number of hydrogen-bond donors (Lipinski definition) is 0. The molecule has 0 saturated carbocycles. The summed E-state index contributed by atoms with van der Waals surface area (Å²) in [6.07, 6.45) is 0. The molecule has 2 aromatic carbocycles. The third-order valence-electron chi connectivity index (χ3n) is 5.11. The average molecular weight is 455 g/mol. The number of hydrogen-bond acceptors (Lipinski definition) is 7. The van der Waals surface area contributed by atoms with Gasteiger partial charge in [0, 0.05) is 22.5 Å². The van der Waals surface area contributed by atoms with Crippen molar-refractivity contribution in [3.8, 4) is 11.5 Å². The van der Waals surface area contributed by atoms with Gasteiger partial charge >= 0.3 is 0 Å². The predicted molar refractivity (Wildman–Crippen MR) is 111 cm³/mol. The number of amidine groups is 1. The molecule has 3 heterocycles. The molecule has 0 N–H and O–H groups in total. The van der Waals surface area contributed by atoms with Gasteiger partial charge in [0.2, 0.25) is 6.79 Å². The van der Waals surface area contributed by atoms with Gasteiger partial charge in [-0.2, -0.15) is 0 Å². The lowest BCUT2D eigenvalue weighted by Gasteiger charge is -2.26. The van der Waals surface area contributed by atoms with E-state index in [4.69, 9.17) is 26.1 Å². The molecule has 2 aromatic rings. The van der Waals surface area contributed by atoms with Gasteiger partial charge in [-0.15, -0.1) is 0 Å². The zero-order valence-electron chi connectivity index (χ0n) is 15.0. The van der Waals surface area contributed by atoms with Crippen LogP contribution in [0.5, 0.6) is 11.5 Å². The number of sulfone groups is 1. The molecule has 29 heavy (non-hydrogen) atoms. The fourth-order valence-electron chi connectivity index (χ4n) is 3.75. The van der Waals surface area contributed by atoms with Gasteiger partial charge in [-0.3, -0.25) is 4.99 Å². The summed E-state index contributed by atoms with van der Waals surface area (Å²) in [4.78, 5) is 6.65. The zero-order chi connectivity index (χ0) is 20.2. The smallest absolute Gasteiger partial charge is 0.231 e. The molecule has 3 aliphatic heterocycles. The van der Waals surface area contributed by atoms with Crippen molar-refractivity contribution in [2.24, 2.45) is 4.99 Å². The van der Waals surface area contributed by atoms with Gasteiger partial charge in [-0.25, -0.2) is 12.8 Å². The molecule has 5 rings (SSSR count). The summed E-state index contributed by atoms with van der Waals surface area (Å²) in [7, 11) is -3.14. The van der Waals surface area contributed by atoms with Crippen molar-refractivity contribution in [1.29, 1.82) is 0 Å².